The second kappa shape index (κ2) is 8.04. The number of halogens is 2. The first-order chi connectivity index (χ1) is 13.5. The Hall–Kier alpha value is -1.58. The van der Waals surface area contributed by atoms with Gasteiger partial charge in [0, 0.05) is 57.5 Å². The molecular formula is C19H27F2N3O4. The van der Waals surface area contributed by atoms with Gasteiger partial charge in [-0.25, -0.2) is 8.78 Å². The van der Waals surface area contributed by atoms with E-state index in [1.165, 1.54) is 10.9 Å². The maximum atomic E-state index is 13.2. The highest BCUT2D eigenvalue weighted by Crippen LogP contribution is 2.42. The third-order valence-electron chi connectivity index (χ3n) is 6.19. The molecule has 28 heavy (non-hydrogen) atoms. The van der Waals surface area contributed by atoms with Gasteiger partial charge in [-0.15, -0.1) is 0 Å². The van der Waals surface area contributed by atoms with Gasteiger partial charge in [-0.1, -0.05) is 0 Å². The van der Waals surface area contributed by atoms with Crippen molar-refractivity contribution in [2.75, 3.05) is 52.7 Å². The van der Waals surface area contributed by atoms with Crippen LogP contribution in [0.15, 0.2) is 6.20 Å². The van der Waals surface area contributed by atoms with E-state index in [1.807, 2.05) is 0 Å². The van der Waals surface area contributed by atoms with Gasteiger partial charge in [0.25, 0.3) is 12.3 Å². The van der Waals surface area contributed by atoms with Crippen LogP contribution in [0.4, 0.5) is 8.78 Å². The van der Waals surface area contributed by atoms with Crippen molar-refractivity contribution in [2.24, 2.45) is 24.3 Å². The lowest BCUT2D eigenvalue weighted by Crippen LogP contribution is -2.38. The van der Waals surface area contributed by atoms with Crippen LogP contribution in [0.25, 0.3) is 0 Å². The summed E-state index contributed by atoms with van der Waals surface area (Å²) in [4.78, 5) is 14.6. The maximum Gasteiger partial charge on any atom is 0.282 e. The minimum atomic E-state index is -2.78. The summed E-state index contributed by atoms with van der Waals surface area (Å²) in [5.41, 5.74) is -0.726. The Morgan fingerprint density at radius 2 is 2.18 bits per heavy atom. The van der Waals surface area contributed by atoms with Crippen LogP contribution in [0.2, 0.25) is 0 Å². The summed E-state index contributed by atoms with van der Waals surface area (Å²) in [6.45, 7) is 4.83. The van der Waals surface area contributed by atoms with Crippen molar-refractivity contribution < 1.29 is 27.8 Å². The van der Waals surface area contributed by atoms with Crippen molar-refractivity contribution in [3.05, 3.63) is 17.5 Å². The van der Waals surface area contributed by atoms with Crippen LogP contribution < -0.4 is 0 Å². The third kappa shape index (κ3) is 3.79. The molecule has 9 heteroatoms. The fraction of sp³-hybridized carbons (Fsp3) is 0.789. The summed E-state index contributed by atoms with van der Waals surface area (Å²) < 4.78 is 44.9. The smallest absolute Gasteiger partial charge is 0.282 e. The van der Waals surface area contributed by atoms with E-state index in [0.717, 1.165) is 26.1 Å². The minimum Gasteiger partial charge on any atom is -0.381 e. The molecule has 0 saturated carbocycles. The molecule has 0 aliphatic carbocycles. The third-order valence-corrected chi connectivity index (χ3v) is 6.19. The highest BCUT2D eigenvalue weighted by Gasteiger charge is 2.52. The van der Waals surface area contributed by atoms with Gasteiger partial charge < -0.3 is 19.1 Å². The highest BCUT2D eigenvalue weighted by molar-refractivity contribution is 5.95. The molecule has 2 atom stereocenters. The number of aromatic nitrogens is 2. The van der Waals surface area contributed by atoms with Crippen molar-refractivity contribution in [1.82, 2.24) is 14.7 Å². The molecule has 3 fully saturated rings. The average molecular weight is 399 g/mol. The number of alkyl halides is 2. The normalized spacial score (nSPS) is 28.3. The van der Waals surface area contributed by atoms with Gasteiger partial charge in [-0.3, -0.25) is 9.48 Å². The number of hydrogen-bond donors (Lipinski definition) is 0. The number of nitrogens with zero attached hydrogens (tertiary/aromatic N) is 3. The van der Waals surface area contributed by atoms with Crippen LogP contribution in [0.3, 0.4) is 0 Å². The first kappa shape index (κ1) is 19.7. The largest absolute Gasteiger partial charge is 0.381 e. The number of rotatable bonds is 6. The van der Waals surface area contributed by atoms with Crippen molar-refractivity contribution >= 4 is 5.91 Å². The maximum absolute atomic E-state index is 13.2. The van der Waals surface area contributed by atoms with Gasteiger partial charge in [-0.05, 0) is 18.8 Å². The molecule has 0 aromatic carbocycles. The number of hydrogen-bond acceptors (Lipinski definition) is 5. The van der Waals surface area contributed by atoms with Crippen molar-refractivity contribution in [2.45, 2.75) is 19.3 Å². The zero-order valence-corrected chi connectivity index (χ0v) is 16.1. The lowest BCUT2D eigenvalue weighted by molar-refractivity contribution is -0.0151. The molecule has 156 valence electrons. The van der Waals surface area contributed by atoms with E-state index < -0.39 is 12.1 Å². The lowest BCUT2D eigenvalue weighted by atomic mass is 9.82. The second-order valence-corrected chi connectivity index (χ2v) is 8.23. The topological polar surface area (TPSA) is 65.8 Å². The SMILES string of the molecule is Cn1cc(C(=O)N2C[C@@H]3COC[C@]3(COCC3CCOCC3)C2)c(C(F)F)n1. The molecule has 3 aliphatic heterocycles. The predicted molar refractivity (Wildman–Crippen MR) is 95.2 cm³/mol. The standard InChI is InChI=1S/C19H27F2N3O4/c1-23-7-15(16(22-23)17(20)21)18(25)24-6-14-9-28-12-19(14,10-24)11-27-8-13-2-4-26-5-3-13/h7,13-14,17H,2-6,8-12H2,1H3/t14-,19-/m1/s1. The molecule has 1 amide bonds. The summed E-state index contributed by atoms with van der Waals surface area (Å²) in [6.07, 6.45) is 0.620. The number of likely N-dealkylation sites (tertiary alicyclic amines) is 1. The van der Waals surface area contributed by atoms with E-state index in [2.05, 4.69) is 5.10 Å². The van der Waals surface area contributed by atoms with Crippen molar-refractivity contribution in [3.8, 4) is 0 Å². The van der Waals surface area contributed by atoms with Gasteiger partial charge in [0.15, 0.2) is 0 Å². The van der Waals surface area contributed by atoms with E-state index in [-0.39, 0.29) is 22.8 Å². The zero-order chi connectivity index (χ0) is 19.7. The Bertz CT molecular complexity index is 707. The summed E-state index contributed by atoms with van der Waals surface area (Å²) in [7, 11) is 1.54. The summed E-state index contributed by atoms with van der Waals surface area (Å²) in [5.74, 6) is 0.286. The van der Waals surface area contributed by atoms with Gasteiger partial charge in [-0.2, -0.15) is 5.10 Å². The average Bonchev–Trinajstić information content (AvgIpc) is 3.34. The molecule has 7 nitrogen and oxygen atoms in total. The number of amides is 1. The first-order valence-electron chi connectivity index (χ1n) is 9.83. The second-order valence-electron chi connectivity index (χ2n) is 8.23. The van der Waals surface area contributed by atoms with E-state index in [9.17, 15) is 13.6 Å². The monoisotopic (exact) mass is 399 g/mol. The highest BCUT2D eigenvalue weighted by atomic mass is 19.3. The Balaban J connectivity index is 1.41. The van der Waals surface area contributed by atoms with Gasteiger partial charge in [0.2, 0.25) is 0 Å². The molecule has 1 aromatic rings. The molecule has 0 bridgehead atoms. The first-order valence-corrected chi connectivity index (χ1v) is 9.83. The summed E-state index contributed by atoms with van der Waals surface area (Å²) in [5, 5.41) is 3.75. The predicted octanol–water partition coefficient (Wildman–Crippen LogP) is 1.89. The summed E-state index contributed by atoms with van der Waals surface area (Å²) in [6, 6.07) is 0. The van der Waals surface area contributed by atoms with Crippen LogP contribution in [0, 0.1) is 17.3 Å². The number of carbonyl (C=O) groups is 1. The van der Waals surface area contributed by atoms with Crippen LogP contribution >= 0.6 is 0 Å². The molecule has 3 saturated heterocycles. The Morgan fingerprint density at radius 1 is 1.39 bits per heavy atom. The van der Waals surface area contributed by atoms with E-state index >= 15 is 0 Å². The molecule has 3 aliphatic rings. The van der Waals surface area contributed by atoms with E-state index in [1.54, 1.807) is 11.9 Å². The van der Waals surface area contributed by atoms with Crippen LogP contribution in [-0.2, 0) is 21.3 Å². The Labute approximate surface area is 162 Å². The van der Waals surface area contributed by atoms with E-state index in [4.69, 9.17) is 14.2 Å². The molecule has 4 heterocycles. The van der Waals surface area contributed by atoms with Crippen LogP contribution in [0.5, 0.6) is 0 Å². The fourth-order valence-electron chi connectivity index (χ4n) is 4.53. The fourth-order valence-corrected chi connectivity index (χ4v) is 4.53. The van der Waals surface area contributed by atoms with Gasteiger partial charge >= 0.3 is 0 Å². The molecule has 0 radical (unpaired) electrons. The Kier molecular flexibility index (Phi) is 5.66. The number of ether oxygens (including phenoxy) is 3. The molecule has 4 rings (SSSR count). The van der Waals surface area contributed by atoms with Gasteiger partial charge in [0.1, 0.15) is 5.69 Å². The van der Waals surface area contributed by atoms with Crippen LogP contribution in [-0.4, -0.2) is 73.3 Å². The quantitative estimate of drug-likeness (QED) is 0.731. The minimum absolute atomic E-state index is 0.0170. The molecular weight excluding hydrogens is 372 g/mol. The molecule has 0 N–H and O–H groups in total. The van der Waals surface area contributed by atoms with Gasteiger partial charge in [0.05, 0.1) is 25.4 Å². The number of carbonyl (C=O) groups excluding carboxylic acids is 1. The lowest BCUT2D eigenvalue weighted by Gasteiger charge is -2.29. The number of aryl methyl sites for hydroxylation is 1. The van der Waals surface area contributed by atoms with E-state index in [0.29, 0.717) is 45.4 Å². The number of fused-ring (bicyclic) bond motifs is 1. The zero-order valence-electron chi connectivity index (χ0n) is 16.1. The van der Waals surface area contributed by atoms with Crippen molar-refractivity contribution in [3.63, 3.8) is 0 Å². The molecule has 1 aromatic heterocycles. The Morgan fingerprint density at radius 3 is 2.93 bits per heavy atom. The van der Waals surface area contributed by atoms with Crippen molar-refractivity contribution in [1.29, 1.82) is 0 Å². The molecule has 0 spiro atoms. The molecule has 0 unspecified atom stereocenters. The summed E-state index contributed by atoms with van der Waals surface area (Å²) >= 11 is 0. The van der Waals surface area contributed by atoms with Crippen LogP contribution in [0.1, 0.15) is 35.3 Å².